The van der Waals surface area contributed by atoms with E-state index in [9.17, 15) is 14.4 Å². The van der Waals surface area contributed by atoms with Crippen molar-refractivity contribution in [2.45, 2.75) is 252 Å². The second-order valence-corrected chi connectivity index (χ2v) is 16.7. The zero-order valence-corrected chi connectivity index (χ0v) is 39.5. The molecule has 60 heavy (non-hydrogen) atoms. The SMILES string of the molecule is CC/C=C\C/C=C\C/C=C\CC(=O)OCC(COC(=O)CCCCCCCCCCCC/C=C\C=C/CCCCC)OC(=O)CCCCCCCCCCCCCCCC. The van der Waals surface area contributed by atoms with E-state index in [1.165, 1.54) is 148 Å². The molecule has 6 heteroatoms. The van der Waals surface area contributed by atoms with E-state index in [4.69, 9.17) is 14.2 Å². The highest BCUT2D eigenvalue weighted by Crippen LogP contribution is 2.15. The summed E-state index contributed by atoms with van der Waals surface area (Å²) in [6, 6.07) is 0. The van der Waals surface area contributed by atoms with Gasteiger partial charge in [-0.05, 0) is 57.8 Å². The van der Waals surface area contributed by atoms with Crippen LogP contribution >= 0.6 is 0 Å². The smallest absolute Gasteiger partial charge is 0.309 e. The van der Waals surface area contributed by atoms with E-state index in [0.29, 0.717) is 12.8 Å². The summed E-state index contributed by atoms with van der Waals surface area (Å²) in [5.74, 6) is -1.03. The third kappa shape index (κ3) is 46.2. The molecule has 0 aromatic rings. The molecule has 0 amide bonds. The van der Waals surface area contributed by atoms with Gasteiger partial charge < -0.3 is 14.2 Å². The second-order valence-electron chi connectivity index (χ2n) is 16.7. The Morgan fingerprint density at radius 1 is 0.383 bits per heavy atom. The van der Waals surface area contributed by atoms with Crippen molar-refractivity contribution in [3.63, 3.8) is 0 Å². The second kappa shape index (κ2) is 48.8. The minimum atomic E-state index is -0.807. The maximum absolute atomic E-state index is 12.7. The van der Waals surface area contributed by atoms with Gasteiger partial charge in [-0.1, -0.05) is 229 Å². The molecule has 0 aliphatic rings. The van der Waals surface area contributed by atoms with E-state index in [0.717, 1.165) is 57.8 Å². The van der Waals surface area contributed by atoms with Crippen LogP contribution in [0.4, 0.5) is 0 Å². The van der Waals surface area contributed by atoms with E-state index in [2.05, 4.69) is 69.4 Å². The Bertz CT molecular complexity index is 1100. The number of rotatable bonds is 45. The summed E-state index contributed by atoms with van der Waals surface area (Å²) in [6.45, 7) is 6.40. The Hall–Kier alpha value is -2.89. The van der Waals surface area contributed by atoms with Crippen molar-refractivity contribution in [1.29, 1.82) is 0 Å². The highest BCUT2D eigenvalue weighted by Gasteiger charge is 2.19. The van der Waals surface area contributed by atoms with Crippen LogP contribution in [0, 0.1) is 0 Å². The summed E-state index contributed by atoms with van der Waals surface area (Å²) < 4.78 is 16.6. The molecule has 346 valence electrons. The molecule has 0 aromatic heterocycles. The number of esters is 3. The van der Waals surface area contributed by atoms with Gasteiger partial charge in [0.05, 0.1) is 6.42 Å². The number of hydrogen-bond acceptors (Lipinski definition) is 6. The van der Waals surface area contributed by atoms with Gasteiger partial charge in [-0.15, -0.1) is 0 Å². The normalized spacial score (nSPS) is 12.5. The van der Waals surface area contributed by atoms with Crippen molar-refractivity contribution >= 4 is 17.9 Å². The average Bonchev–Trinajstić information content (AvgIpc) is 3.24. The van der Waals surface area contributed by atoms with Crippen molar-refractivity contribution < 1.29 is 28.6 Å². The predicted molar refractivity (Wildman–Crippen MR) is 256 cm³/mol. The number of allylic oxidation sites excluding steroid dienone is 9. The van der Waals surface area contributed by atoms with Gasteiger partial charge in [0.25, 0.3) is 0 Å². The minimum Gasteiger partial charge on any atom is -0.462 e. The van der Waals surface area contributed by atoms with Crippen molar-refractivity contribution in [2.24, 2.45) is 0 Å². The monoisotopic (exact) mass is 839 g/mol. The molecule has 6 nitrogen and oxygen atoms in total. The van der Waals surface area contributed by atoms with Gasteiger partial charge in [0.1, 0.15) is 13.2 Å². The first-order valence-corrected chi connectivity index (χ1v) is 25.3. The Kier molecular flexibility index (Phi) is 46.4. The van der Waals surface area contributed by atoms with Crippen molar-refractivity contribution in [3.05, 3.63) is 60.8 Å². The summed E-state index contributed by atoms with van der Waals surface area (Å²) in [5, 5.41) is 0. The number of unbranched alkanes of at least 4 members (excludes halogenated alkanes) is 26. The average molecular weight is 839 g/mol. The summed E-state index contributed by atoms with van der Waals surface area (Å²) in [7, 11) is 0. The van der Waals surface area contributed by atoms with Gasteiger partial charge in [-0.25, -0.2) is 0 Å². The van der Waals surface area contributed by atoms with Gasteiger partial charge >= 0.3 is 17.9 Å². The lowest BCUT2D eigenvalue weighted by atomic mass is 10.0. The lowest BCUT2D eigenvalue weighted by molar-refractivity contribution is -0.166. The quantitative estimate of drug-likeness (QED) is 0.0200. The van der Waals surface area contributed by atoms with Gasteiger partial charge in [0, 0.05) is 12.8 Å². The van der Waals surface area contributed by atoms with Crippen LogP contribution in [0.5, 0.6) is 0 Å². The number of ether oxygens (including phenoxy) is 3. The number of carbonyl (C=O) groups is 3. The van der Waals surface area contributed by atoms with E-state index < -0.39 is 12.1 Å². The molecule has 0 N–H and O–H groups in total. The summed E-state index contributed by atoms with van der Waals surface area (Å²) in [5.41, 5.74) is 0. The highest BCUT2D eigenvalue weighted by molar-refractivity contribution is 5.72. The lowest BCUT2D eigenvalue weighted by Crippen LogP contribution is -2.30. The van der Waals surface area contributed by atoms with Crippen LogP contribution in [0.2, 0.25) is 0 Å². The molecule has 0 aliphatic heterocycles. The first-order valence-electron chi connectivity index (χ1n) is 25.3. The molecule has 0 saturated carbocycles. The molecule has 0 radical (unpaired) electrons. The van der Waals surface area contributed by atoms with Gasteiger partial charge in [0.15, 0.2) is 6.10 Å². The topological polar surface area (TPSA) is 78.9 Å². The van der Waals surface area contributed by atoms with Crippen LogP contribution in [-0.4, -0.2) is 37.2 Å². The Balaban J connectivity index is 4.33. The first kappa shape index (κ1) is 57.1. The molecule has 0 bridgehead atoms. The maximum atomic E-state index is 12.7. The van der Waals surface area contributed by atoms with E-state index in [1.807, 2.05) is 6.08 Å². The van der Waals surface area contributed by atoms with Crippen molar-refractivity contribution in [2.75, 3.05) is 13.2 Å². The molecule has 0 spiro atoms. The molecule has 0 saturated heterocycles. The minimum absolute atomic E-state index is 0.101. The summed E-state index contributed by atoms with van der Waals surface area (Å²) in [6.07, 6.45) is 59.5. The zero-order chi connectivity index (χ0) is 43.7. The molecule has 0 aliphatic carbocycles. The fourth-order valence-corrected chi connectivity index (χ4v) is 7.02. The van der Waals surface area contributed by atoms with Gasteiger partial charge in [0.2, 0.25) is 0 Å². The predicted octanol–water partition coefficient (Wildman–Crippen LogP) is 16.5. The maximum Gasteiger partial charge on any atom is 0.309 e. The van der Waals surface area contributed by atoms with Gasteiger partial charge in [-0.3, -0.25) is 14.4 Å². The third-order valence-corrected chi connectivity index (χ3v) is 10.8. The van der Waals surface area contributed by atoms with Gasteiger partial charge in [-0.2, -0.15) is 0 Å². The summed E-state index contributed by atoms with van der Waals surface area (Å²) >= 11 is 0. The van der Waals surface area contributed by atoms with Crippen LogP contribution in [0.15, 0.2) is 60.8 Å². The standard InChI is InChI=1S/C54H94O6/c1-4-7-10-13-16-19-21-23-25-26-27-28-29-31-32-35-38-41-44-47-53(56)59-50-51(49-58-52(55)46-43-40-37-34-18-15-12-9-6-3)60-54(57)48-45-42-39-36-33-30-24-22-20-17-14-11-8-5-2/h9,12,16,18-19,21,23,34,40,43,51H,4-8,10-11,13-15,17,20,22,24-33,35-39,41-42,44-50H2,1-3H3/b12-9-,19-16-,23-21-,34-18-,43-40-. The molecule has 0 rings (SSSR count). The van der Waals surface area contributed by atoms with Crippen LogP contribution in [0.3, 0.4) is 0 Å². The molecule has 0 heterocycles. The van der Waals surface area contributed by atoms with E-state index in [-0.39, 0.29) is 31.6 Å². The van der Waals surface area contributed by atoms with Crippen LogP contribution in [-0.2, 0) is 28.6 Å². The fourth-order valence-electron chi connectivity index (χ4n) is 7.02. The van der Waals surface area contributed by atoms with Crippen molar-refractivity contribution in [3.8, 4) is 0 Å². The number of carbonyl (C=O) groups excluding carboxylic acids is 3. The Morgan fingerprint density at radius 2 is 0.750 bits per heavy atom. The van der Waals surface area contributed by atoms with Crippen LogP contribution in [0.1, 0.15) is 245 Å². The Labute approximate surface area is 370 Å². The third-order valence-electron chi connectivity index (χ3n) is 10.8. The van der Waals surface area contributed by atoms with E-state index >= 15 is 0 Å². The first-order chi connectivity index (χ1) is 29.5. The van der Waals surface area contributed by atoms with Crippen molar-refractivity contribution in [1.82, 2.24) is 0 Å². The fraction of sp³-hybridized carbons (Fsp3) is 0.759. The Morgan fingerprint density at radius 3 is 1.23 bits per heavy atom. The zero-order valence-electron chi connectivity index (χ0n) is 39.5. The molecule has 1 unspecified atom stereocenters. The van der Waals surface area contributed by atoms with Crippen LogP contribution < -0.4 is 0 Å². The van der Waals surface area contributed by atoms with E-state index in [1.54, 1.807) is 6.08 Å². The lowest BCUT2D eigenvalue weighted by Gasteiger charge is -2.18. The molecule has 0 fully saturated rings. The molecule has 1 atom stereocenters. The summed E-state index contributed by atoms with van der Waals surface area (Å²) in [4.78, 5) is 37.8. The largest absolute Gasteiger partial charge is 0.462 e. The van der Waals surface area contributed by atoms with Crippen LogP contribution in [0.25, 0.3) is 0 Å². The molecular weight excluding hydrogens is 745 g/mol. The molecule has 0 aromatic carbocycles. The highest BCUT2D eigenvalue weighted by atomic mass is 16.6. The molecular formula is C54H94O6. The number of hydrogen-bond donors (Lipinski definition) is 0.